The summed E-state index contributed by atoms with van der Waals surface area (Å²) >= 11 is 1.76. The first-order chi connectivity index (χ1) is 10.0. The molecule has 0 spiro atoms. The van der Waals surface area contributed by atoms with Crippen LogP contribution in [0.5, 0.6) is 0 Å². The third kappa shape index (κ3) is 3.38. The van der Waals surface area contributed by atoms with Gasteiger partial charge in [-0.05, 0) is 39.2 Å². The second kappa shape index (κ2) is 5.68. The Labute approximate surface area is 130 Å². The van der Waals surface area contributed by atoms with Crippen LogP contribution in [0, 0.1) is 20.8 Å². The summed E-state index contributed by atoms with van der Waals surface area (Å²) < 4.78 is 0. The van der Waals surface area contributed by atoms with Gasteiger partial charge in [0.1, 0.15) is 16.7 Å². The summed E-state index contributed by atoms with van der Waals surface area (Å²) in [5.74, 6) is 3.02. The molecule has 110 valence electrons. The molecule has 0 saturated heterocycles. The number of rotatable bonds is 4. The van der Waals surface area contributed by atoms with Crippen LogP contribution in [0.2, 0.25) is 0 Å². The predicted molar refractivity (Wildman–Crippen MR) is 88.6 cm³/mol. The molecule has 0 bridgehead atoms. The van der Waals surface area contributed by atoms with E-state index >= 15 is 0 Å². The number of nitrogens with zero attached hydrogens (tertiary/aromatic N) is 2. The van der Waals surface area contributed by atoms with Crippen LogP contribution in [0.3, 0.4) is 0 Å². The summed E-state index contributed by atoms with van der Waals surface area (Å²) in [6.45, 7) is 6.29. The van der Waals surface area contributed by atoms with E-state index in [2.05, 4.69) is 37.0 Å². The van der Waals surface area contributed by atoms with E-state index in [0.29, 0.717) is 11.7 Å². The lowest BCUT2D eigenvalue weighted by molar-refractivity contribution is 0.868. The summed E-state index contributed by atoms with van der Waals surface area (Å²) in [7, 11) is 0. The van der Waals surface area contributed by atoms with E-state index in [9.17, 15) is 0 Å². The normalized spacial score (nSPS) is 14.4. The number of nitrogen functional groups attached to an aromatic ring is 1. The fourth-order valence-corrected chi connectivity index (χ4v) is 3.45. The van der Waals surface area contributed by atoms with E-state index in [4.69, 9.17) is 10.7 Å². The Kier molecular flexibility index (Phi) is 3.89. The zero-order valence-electron chi connectivity index (χ0n) is 12.8. The highest BCUT2D eigenvalue weighted by molar-refractivity contribution is 7.98. The molecule has 0 radical (unpaired) electrons. The first-order valence-electron chi connectivity index (χ1n) is 7.37. The molecule has 1 heterocycles. The van der Waals surface area contributed by atoms with E-state index in [1.165, 1.54) is 29.5 Å². The molecule has 1 aromatic carbocycles. The number of anilines is 1. The molecule has 0 atom stereocenters. The molecular formula is C17H21N3S. The predicted octanol–water partition coefficient (Wildman–Crippen LogP) is 4.15. The smallest absolute Gasteiger partial charge is 0.135 e. The van der Waals surface area contributed by atoms with Crippen molar-refractivity contribution in [1.29, 1.82) is 0 Å². The van der Waals surface area contributed by atoms with Gasteiger partial charge >= 0.3 is 0 Å². The van der Waals surface area contributed by atoms with Gasteiger partial charge in [0.15, 0.2) is 0 Å². The second-order valence-electron chi connectivity index (χ2n) is 5.96. The SMILES string of the molecule is Cc1cc(C)cc(CSc2nc(C3CC3)nc(N)c2C)c1. The van der Waals surface area contributed by atoms with E-state index in [1.54, 1.807) is 11.8 Å². The van der Waals surface area contributed by atoms with E-state index in [1.807, 2.05) is 6.92 Å². The molecule has 3 nitrogen and oxygen atoms in total. The second-order valence-corrected chi connectivity index (χ2v) is 6.92. The minimum Gasteiger partial charge on any atom is -0.383 e. The van der Waals surface area contributed by atoms with E-state index in [0.717, 1.165) is 22.2 Å². The van der Waals surface area contributed by atoms with Crippen LogP contribution in [0.1, 0.15) is 46.8 Å². The van der Waals surface area contributed by atoms with Gasteiger partial charge in [-0.3, -0.25) is 0 Å². The van der Waals surface area contributed by atoms with Crippen LogP contribution in [-0.2, 0) is 5.75 Å². The van der Waals surface area contributed by atoms with E-state index in [-0.39, 0.29) is 0 Å². The third-order valence-corrected chi connectivity index (χ3v) is 4.90. The van der Waals surface area contributed by atoms with Gasteiger partial charge in [-0.15, -0.1) is 11.8 Å². The van der Waals surface area contributed by atoms with Gasteiger partial charge in [0.2, 0.25) is 0 Å². The number of hydrogen-bond acceptors (Lipinski definition) is 4. The van der Waals surface area contributed by atoms with Crippen molar-refractivity contribution in [3.8, 4) is 0 Å². The summed E-state index contributed by atoms with van der Waals surface area (Å²) in [5.41, 5.74) is 11.0. The first-order valence-corrected chi connectivity index (χ1v) is 8.35. The molecule has 0 amide bonds. The minimum atomic E-state index is 0.536. The number of nitrogens with two attached hydrogens (primary N) is 1. The Bertz CT molecular complexity index is 658. The summed E-state index contributed by atoms with van der Waals surface area (Å²) in [6.07, 6.45) is 2.40. The first kappa shape index (κ1) is 14.4. The fraction of sp³-hybridized carbons (Fsp3) is 0.412. The fourth-order valence-electron chi connectivity index (χ4n) is 2.50. The number of hydrogen-bond donors (Lipinski definition) is 1. The molecule has 3 rings (SSSR count). The van der Waals surface area contributed by atoms with Gasteiger partial charge in [-0.2, -0.15) is 0 Å². The molecule has 1 fully saturated rings. The average molecular weight is 299 g/mol. The van der Waals surface area contributed by atoms with Crippen molar-refractivity contribution in [2.75, 3.05) is 5.73 Å². The Morgan fingerprint density at radius 1 is 1.10 bits per heavy atom. The average Bonchev–Trinajstić information content (AvgIpc) is 3.23. The molecule has 0 unspecified atom stereocenters. The van der Waals surface area contributed by atoms with Crippen LogP contribution < -0.4 is 5.73 Å². The summed E-state index contributed by atoms with van der Waals surface area (Å²) in [4.78, 5) is 9.16. The molecule has 1 aliphatic rings. The number of benzene rings is 1. The third-order valence-electron chi connectivity index (χ3n) is 3.76. The molecule has 2 N–H and O–H groups in total. The highest BCUT2D eigenvalue weighted by Gasteiger charge is 2.27. The Morgan fingerprint density at radius 2 is 1.76 bits per heavy atom. The van der Waals surface area contributed by atoms with Gasteiger partial charge in [0, 0.05) is 17.2 Å². The Balaban J connectivity index is 1.80. The summed E-state index contributed by atoms with van der Waals surface area (Å²) in [5, 5.41) is 1.03. The largest absolute Gasteiger partial charge is 0.383 e. The van der Waals surface area contributed by atoms with Crippen LogP contribution in [0.4, 0.5) is 5.82 Å². The number of aryl methyl sites for hydroxylation is 2. The minimum absolute atomic E-state index is 0.536. The van der Waals surface area contributed by atoms with Crippen molar-refractivity contribution in [2.45, 2.75) is 50.3 Å². The maximum Gasteiger partial charge on any atom is 0.135 e. The van der Waals surface area contributed by atoms with Gasteiger partial charge in [-0.1, -0.05) is 29.3 Å². The van der Waals surface area contributed by atoms with Gasteiger partial charge < -0.3 is 5.73 Å². The van der Waals surface area contributed by atoms with Crippen molar-refractivity contribution in [2.24, 2.45) is 0 Å². The lowest BCUT2D eigenvalue weighted by Crippen LogP contribution is -2.03. The standard InChI is InChI=1S/C17H21N3S/c1-10-6-11(2)8-13(7-10)9-21-17-12(3)15(18)19-16(20-17)14-4-5-14/h6-8,14H,4-5,9H2,1-3H3,(H2,18,19,20). The molecule has 4 heteroatoms. The molecular weight excluding hydrogens is 278 g/mol. The Hall–Kier alpha value is -1.55. The van der Waals surface area contributed by atoms with Crippen LogP contribution in [-0.4, -0.2) is 9.97 Å². The molecule has 1 aliphatic carbocycles. The van der Waals surface area contributed by atoms with Crippen molar-refractivity contribution in [3.63, 3.8) is 0 Å². The lowest BCUT2D eigenvalue weighted by atomic mass is 10.1. The van der Waals surface area contributed by atoms with Crippen molar-refractivity contribution in [1.82, 2.24) is 9.97 Å². The topological polar surface area (TPSA) is 51.8 Å². The van der Waals surface area contributed by atoms with Crippen LogP contribution in [0.15, 0.2) is 23.2 Å². The Morgan fingerprint density at radius 3 is 2.38 bits per heavy atom. The quantitative estimate of drug-likeness (QED) is 0.680. The molecule has 2 aromatic rings. The maximum atomic E-state index is 6.04. The highest BCUT2D eigenvalue weighted by Crippen LogP contribution is 2.40. The van der Waals surface area contributed by atoms with Gasteiger partial charge in [0.05, 0.1) is 0 Å². The molecule has 1 saturated carbocycles. The highest BCUT2D eigenvalue weighted by atomic mass is 32.2. The van der Waals surface area contributed by atoms with Crippen molar-refractivity contribution in [3.05, 3.63) is 46.3 Å². The molecule has 1 aromatic heterocycles. The van der Waals surface area contributed by atoms with Crippen molar-refractivity contribution >= 4 is 17.6 Å². The van der Waals surface area contributed by atoms with Gasteiger partial charge in [0.25, 0.3) is 0 Å². The monoisotopic (exact) mass is 299 g/mol. The molecule has 21 heavy (non-hydrogen) atoms. The maximum absolute atomic E-state index is 6.04. The molecule has 0 aliphatic heterocycles. The zero-order chi connectivity index (χ0) is 15.0. The number of aromatic nitrogens is 2. The van der Waals surface area contributed by atoms with Gasteiger partial charge in [-0.25, -0.2) is 9.97 Å². The lowest BCUT2D eigenvalue weighted by Gasteiger charge is -2.10. The van der Waals surface area contributed by atoms with E-state index < -0.39 is 0 Å². The zero-order valence-corrected chi connectivity index (χ0v) is 13.6. The number of thioether (sulfide) groups is 1. The van der Waals surface area contributed by atoms with Crippen molar-refractivity contribution < 1.29 is 0 Å². The van der Waals surface area contributed by atoms with Crippen LogP contribution in [0.25, 0.3) is 0 Å². The summed E-state index contributed by atoms with van der Waals surface area (Å²) in [6, 6.07) is 6.68. The van der Waals surface area contributed by atoms with Crippen LogP contribution >= 0.6 is 11.8 Å².